The molecular formula is C14H17N3O. The molecule has 0 saturated heterocycles. The van der Waals surface area contributed by atoms with Gasteiger partial charge in [0.1, 0.15) is 12.4 Å². The third-order valence-electron chi connectivity index (χ3n) is 3.24. The van der Waals surface area contributed by atoms with Crippen LogP contribution in [-0.4, -0.2) is 16.2 Å². The number of aryl methyl sites for hydroxylation is 2. The van der Waals surface area contributed by atoms with E-state index < -0.39 is 0 Å². The van der Waals surface area contributed by atoms with E-state index in [4.69, 9.17) is 4.74 Å². The molecule has 2 aromatic rings. The van der Waals surface area contributed by atoms with Gasteiger partial charge < -0.3 is 14.6 Å². The Hall–Kier alpha value is -1.97. The highest BCUT2D eigenvalue weighted by atomic mass is 16.5. The van der Waals surface area contributed by atoms with E-state index in [1.54, 1.807) is 0 Å². The van der Waals surface area contributed by atoms with Gasteiger partial charge in [-0.15, -0.1) is 0 Å². The zero-order valence-electron chi connectivity index (χ0n) is 10.7. The minimum atomic E-state index is 0.188. The van der Waals surface area contributed by atoms with Gasteiger partial charge in [0.2, 0.25) is 5.95 Å². The molecule has 0 saturated carbocycles. The van der Waals surface area contributed by atoms with Gasteiger partial charge in [0.15, 0.2) is 0 Å². The first-order valence-corrected chi connectivity index (χ1v) is 6.30. The fourth-order valence-corrected chi connectivity index (χ4v) is 2.34. The lowest BCUT2D eigenvalue weighted by atomic mass is 10.1. The fourth-order valence-electron chi connectivity index (χ4n) is 2.34. The first-order valence-electron chi connectivity index (χ1n) is 6.30. The van der Waals surface area contributed by atoms with Crippen molar-refractivity contribution >= 4 is 5.95 Å². The van der Waals surface area contributed by atoms with Crippen molar-refractivity contribution in [3.8, 4) is 5.75 Å². The quantitative estimate of drug-likeness (QED) is 0.901. The van der Waals surface area contributed by atoms with Gasteiger partial charge in [-0.2, -0.15) is 0 Å². The molecule has 0 amide bonds. The van der Waals surface area contributed by atoms with Gasteiger partial charge in [-0.3, -0.25) is 0 Å². The summed E-state index contributed by atoms with van der Waals surface area (Å²) in [6.07, 6.45) is 2.06. The van der Waals surface area contributed by atoms with Crippen LogP contribution in [0.15, 0.2) is 30.5 Å². The second kappa shape index (κ2) is 4.37. The van der Waals surface area contributed by atoms with Crippen LogP contribution in [0.1, 0.15) is 24.2 Å². The third kappa shape index (κ3) is 1.83. The van der Waals surface area contributed by atoms with Crippen LogP contribution in [0.25, 0.3) is 0 Å². The number of imidazole rings is 1. The highest BCUT2D eigenvalue weighted by Gasteiger charge is 2.24. The zero-order valence-corrected chi connectivity index (χ0v) is 10.7. The van der Waals surface area contributed by atoms with Crippen LogP contribution in [0.2, 0.25) is 0 Å². The van der Waals surface area contributed by atoms with Gasteiger partial charge in [-0.1, -0.05) is 18.2 Å². The van der Waals surface area contributed by atoms with Crippen molar-refractivity contribution in [2.24, 2.45) is 0 Å². The molecule has 0 fully saturated rings. The first-order chi connectivity index (χ1) is 8.78. The van der Waals surface area contributed by atoms with Crippen LogP contribution in [0.5, 0.6) is 5.75 Å². The Balaban J connectivity index is 1.86. The maximum atomic E-state index is 5.66. The smallest absolute Gasteiger partial charge is 0.203 e. The standard InChI is InChI=1S/C14H17N3O/c1-3-17-8-10(2)15-14(17)16-12-9-18-13-7-5-4-6-11(12)13/h4-8,12H,3,9H2,1-2H3,(H,15,16). The van der Waals surface area contributed by atoms with E-state index in [1.165, 1.54) is 5.56 Å². The van der Waals surface area contributed by atoms with Crippen molar-refractivity contribution in [3.05, 3.63) is 41.7 Å². The molecule has 4 heteroatoms. The van der Waals surface area contributed by atoms with Crippen molar-refractivity contribution in [3.63, 3.8) is 0 Å². The topological polar surface area (TPSA) is 39.1 Å². The van der Waals surface area contributed by atoms with Crippen LogP contribution < -0.4 is 10.1 Å². The summed E-state index contributed by atoms with van der Waals surface area (Å²) >= 11 is 0. The molecule has 0 aliphatic carbocycles. The minimum Gasteiger partial charge on any atom is -0.491 e. The fraction of sp³-hybridized carbons (Fsp3) is 0.357. The molecule has 0 bridgehead atoms. The van der Waals surface area contributed by atoms with Crippen LogP contribution in [0.4, 0.5) is 5.95 Å². The molecule has 1 aliphatic rings. The number of nitrogens with one attached hydrogen (secondary N) is 1. The van der Waals surface area contributed by atoms with E-state index in [2.05, 4.69) is 34.1 Å². The Morgan fingerprint density at radius 3 is 3.11 bits per heavy atom. The number of hydrogen-bond acceptors (Lipinski definition) is 3. The largest absolute Gasteiger partial charge is 0.491 e. The molecule has 1 N–H and O–H groups in total. The summed E-state index contributed by atoms with van der Waals surface area (Å²) < 4.78 is 7.79. The predicted octanol–water partition coefficient (Wildman–Crippen LogP) is 2.76. The summed E-state index contributed by atoms with van der Waals surface area (Å²) in [7, 11) is 0. The second-order valence-corrected chi connectivity index (χ2v) is 4.54. The molecule has 2 heterocycles. The number of benzene rings is 1. The first kappa shape index (κ1) is 11.1. The maximum Gasteiger partial charge on any atom is 0.203 e. The SMILES string of the molecule is CCn1cc(C)nc1NC1COc2ccccc21. The maximum absolute atomic E-state index is 5.66. The lowest BCUT2D eigenvalue weighted by molar-refractivity contribution is 0.339. The van der Waals surface area contributed by atoms with E-state index in [-0.39, 0.29) is 6.04 Å². The van der Waals surface area contributed by atoms with Crippen LogP contribution in [-0.2, 0) is 6.54 Å². The molecule has 0 radical (unpaired) electrons. The number of hydrogen-bond donors (Lipinski definition) is 1. The van der Waals surface area contributed by atoms with Crippen LogP contribution in [0, 0.1) is 6.92 Å². The third-order valence-corrected chi connectivity index (χ3v) is 3.24. The Morgan fingerprint density at radius 2 is 2.28 bits per heavy atom. The van der Waals surface area contributed by atoms with Crippen molar-refractivity contribution in [2.45, 2.75) is 26.4 Å². The van der Waals surface area contributed by atoms with Gasteiger partial charge in [0.25, 0.3) is 0 Å². The highest BCUT2D eigenvalue weighted by molar-refractivity contribution is 5.44. The summed E-state index contributed by atoms with van der Waals surface area (Å²) in [4.78, 5) is 4.51. The number of ether oxygens (including phenoxy) is 1. The molecular weight excluding hydrogens is 226 g/mol. The lowest BCUT2D eigenvalue weighted by Crippen LogP contribution is -2.15. The van der Waals surface area contributed by atoms with E-state index in [1.807, 2.05) is 25.1 Å². The van der Waals surface area contributed by atoms with E-state index in [0.29, 0.717) is 6.61 Å². The molecule has 94 valence electrons. The average Bonchev–Trinajstić information content (AvgIpc) is 2.94. The molecule has 4 nitrogen and oxygen atoms in total. The van der Waals surface area contributed by atoms with Crippen LogP contribution in [0.3, 0.4) is 0 Å². The summed E-state index contributed by atoms with van der Waals surface area (Å²) in [6.45, 7) is 5.70. The molecule has 1 aromatic heterocycles. The monoisotopic (exact) mass is 243 g/mol. The Bertz CT molecular complexity index is 562. The molecule has 1 unspecified atom stereocenters. The molecule has 18 heavy (non-hydrogen) atoms. The number of aromatic nitrogens is 2. The van der Waals surface area contributed by atoms with E-state index in [0.717, 1.165) is 23.9 Å². The van der Waals surface area contributed by atoms with Crippen LogP contribution >= 0.6 is 0 Å². The average molecular weight is 243 g/mol. The van der Waals surface area contributed by atoms with E-state index >= 15 is 0 Å². The van der Waals surface area contributed by atoms with Crippen molar-refractivity contribution in [1.82, 2.24) is 9.55 Å². The number of rotatable bonds is 3. The van der Waals surface area contributed by atoms with Gasteiger partial charge in [0, 0.05) is 18.3 Å². The van der Waals surface area contributed by atoms with Gasteiger partial charge in [-0.25, -0.2) is 4.98 Å². The molecule has 1 atom stereocenters. The second-order valence-electron chi connectivity index (χ2n) is 4.54. The number of para-hydroxylation sites is 1. The predicted molar refractivity (Wildman–Crippen MR) is 70.9 cm³/mol. The summed E-state index contributed by atoms with van der Waals surface area (Å²) in [5, 5.41) is 3.46. The Kier molecular flexibility index (Phi) is 2.70. The summed E-state index contributed by atoms with van der Waals surface area (Å²) in [6, 6.07) is 8.34. The highest BCUT2D eigenvalue weighted by Crippen LogP contribution is 2.33. The number of fused-ring (bicyclic) bond motifs is 1. The van der Waals surface area contributed by atoms with Gasteiger partial charge in [-0.05, 0) is 19.9 Å². The lowest BCUT2D eigenvalue weighted by Gasteiger charge is -2.13. The number of anilines is 1. The molecule has 1 aliphatic heterocycles. The van der Waals surface area contributed by atoms with Crippen molar-refractivity contribution in [2.75, 3.05) is 11.9 Å². The minimum absolute atomic E-state index is 0.188. The van der Waals surface area contributed by atoms with Crippen molar-refractivity contribution in [1.29, 1.82) is 0 Å². The van der Waals surface area contributed by atoms with Crippen molar-refractivity contribution < 1.29 is 4.74 Å². The van der Waals surface area contributed by atoms with Gasteiger partial charge in [0.05, 0.1) is 11.7 Å². The zero-order chi connectivity index (χ0) is 12.5. The summed E-state index contributed by atoms with van der Waals surface area (Å²) in [5.74, 6) is 1.89. The molecule has 0 spiro atoms. The van der Waals surface area contributed by atoms with E-state index in [9.17, 15) is 0 Å². The molecule has 3 rings (SSSR count). The van der Waals surface area contributed by atoms with Gasteiger partial charge >= 0.3 is 0 Å². The number of nitrogens with zero attached hydrogens (tertiary/aromatic N) is 2. The molecule has 1 aromatic carbocycles. The summed E-state index contributed by atoms with van der Waals surface area (Å²) in [5.41, 5.74) is 2.24. The normalized spacial score (nSPS) is 17.3. The Morgan fingerprint density at radius 1 is 1.44 bits per heavy atom. The Labute approximate surface area is 107 Å².